The minimum absolute atomic E-state index is 0.0355. The Morgan fingerprint density at radius 3 is 2.76 bits per heavy atom. The molecule has 1 aromatic carbocycles. The van der Waals surface area contributed by atoms with Gasteiger partial charge in [-0.15, -0.1) is 0 Å². The number of ether oxygens (including phenoxy) is 2. The summed E-state index contributed by atoms with van der Waals surface area (Å²) in [5, 5.41) is 2.81. The molecule has 0 spiro atoms. The lowest BCUT2D eigenvalue weighted by Gasteiger charge is -2.20. The number of carbonyl (C=O) groups excluding carboxylic acids is 2. The summed E-state index contributed by atoms with van der Waals surface area (Å²) in [6.07, 6.45) is 2.39. The summed E-state index contributed by atoms with van der Waals surface area (Å²) in [6.45, 7) is 2.23. The molecule has 6 heteroatoms. The molecule has 0 aromatic heterocycles. The van der Waals surface area contributed by atoms with E-state index in [1.165, 1.54) is 0 Å². The topological polar surface area (TPSA) is 67.9 Å². The van der Waals surface area contributed by atoms with Crippen molar-refractivity contribution in [3.8, 4) is 11.5 Å². The van der Waals surface area contributed by atoms with Gasteiger partial charge in [0.25, 0.3) is 0 Å². The number of benzene rings is 1. The third kappa shape index (κ3) is 3.26. The van der Waals surface area contributed by atoms with Crippen molar-refractivity contribution in [2.75, 3.05) is 18.7 Å². The number of fused-ring (bicyclic) bond motifs is 1. The Balaban J connectivity index is 1.53. The summed E-state index contributed by atoms with van der Waals surface area (Å²) in [7, 11) is 0. The van der Waals surface area contributed by atoms with Gasteiger partial charge in [0.2, 0.25) is 18.6 Å². The van der Waals surface area contributed by atoms with Gasteiger partial charge in [-0.25, -0.2) is 0 Å². The lowest BCUT2D eigenvalue weighted by molar-refractivity contribution is -0.129. The van der Waals surface area contributed by atoms with Crippen molar-refractivity contribution >= 4 is 17.5 Å². The first-order valence-electron chi connectivity index (χ1n) is 7.10. The number of rotatable bonds is 5. The van der Waals surface area contributed by atoms with E-state index < -0.39 is 0 Å². The van der Waals surface area contributed by atoms with Crippen molar-refractivity contribution in [2.24, 2.45) is 0 Å². The van der Waals surface area contributed by atoms with Crippen LogP contribution in [-0.4, -0.2) is 36.1 Å². The van der Waals surface area contributed by atoms with Crippen molar-refractivity contribution in [3.05, 3.63) is 18.2 Å². The van der Waals surface area contributed by atoms with Crippen LogP contribution in [0.15, 0.2) is 18.2 Å². The number of hydrogen-bond acceptors (Lipinski definition) is 4. The van der Waals surface area contributed by atoms with Gasteiger partial charge in [-0.3, -0.25) is 9.59 Å². The van der Waals surface area contributed by atoms with Gasteiger partial charge in [-0.1, -0.05) is 0 Å². The summed E-state index contributed by atoms with van der Waals surface area (Å²) in [5.41, 5.74) is 0.671. The molecule has 2 amide bonds. The van der Waals surface area contributed by atoms with Gasteiger partial charge in [-0.2, -0.15) is 0 Å². The number of carbonyl (C=O) groups is 2. The van der Waals surface area contributed by atoms with Crippen LogP contribution in [0.2, 0.25) is 0 Å². The van der Waals surface area contributed by atoms with Crippen molar-refractivity contribution in [3.63, 3.8) is 0 Å². The van der Waals surface area contributed by atoms with Crippen LogP contribution in [0.1, 0.15) is 26.2 Å². The van der Waals surface area contributed by atoms with Crippen LogP contribution in [0.5, 0.6) is 11.5 Å². The lowest BCUT2D eigenvalue weighted by atomic mass is 10.2. The van der Waals surface area contributed by atoms with E-state index in [1.807, 2.05) is 0 Å². The van der Waals surface area contributed by atoms with Gasteiger partial charge in [0.1, 0.15) is 0 Å². The molecule has 2 aliphatic rings. The Hall–Kier alpha value is -2.24. The molecule has 0 atom stereocenters. The van der Waals surface area contributed by atoms with Crippen molar-refractivity contribution in [2.45, 2.75) is 32.2 Å². The first kappa shape index (κ1) is 13.7. The minimum atomic E-state index is -0.110. The molecular formula is C15H18N2O4. The predicted molar refractivity (Wildman–Crippen MR) is 76.2 cm³/mol. The second-order valence-corrected chi connectivity index (χ2v) is 5.31. The molecule has 1 saturated carbocycles. The molecule has 0 unspecified atom stereocenters. The quantitative estimate of drug-likeness (QED) is 0.897. The average molecular weight is 290 g/mol. The fourth-order valence-electron chi connectivity index (χ4n) is 2.40. The standard InChI is InChI=1S/C15H18N2O4/c1-10(18)17(12-3-4-12)7-6-15(19)16-11-2-5-13-14(8-11)21-9-20-13/h2,5,8,12H,3-4,6-7,9H2,1H3,(H,16,19). The smallest absolute Gasteiger partial charge is 0.231 e. The first-order chi connectivity index (χ1) is 10.1. The van der Waals surface area contributed by atoms with E-state index in [4.69, 9.17) is 9.47 Å². The highest BCUT2D eigenvalue weighted by Crippen LogP contribution is 2.34. The summed E-state index contributed by atoms with van der Waals surface area (Å²) in [4.78, 5) is 25.2. The van der Waals surface area contributed by atoms with E-state index in [2.05, 4.69) is 5.32 Å². The molecule has 0 saturated heterocycles. The normalized spacial score (nSPS) is 15.7. The zero-order chi connectivity index (χ0) is 14.8. The molecule has 1 heterocycles. The molecular weight excluding hydrogens is 272 g/mol. The highest BCUT2D eigenvalue weighted by Gasteiger charge is 2.30. The highest BCUT2D eigenvalue weighted by atomic mass is 16.7. The van der Waals surface area contributed by atoms with E-state index in [-0.39, 0.29) is 18.6 Å². The molecule has 1 aromatic rings. The molecule has 0 bridgehead atoms. The Labute approximate surface area is 123 Å². The zero-order valence-corrected chi connectivity index (χ0v) is 11.9. The molecule has 1 N–H and O–H groups in total. The van der Waals surface area contributed by atoms with Crippen LogP contribution in [0, 0.1) is 0 Å². The van der Waals surface area contributed by atoms with Crippen LogP contribution >= 0.6 is 0 Å². The number of nitrogens with one attached hydrogen (secondary N) is 1. The maximum atomic E-state index is 12.0. The molecule has 112 valence electrons. The lowest BCUT2D eigenvalue weighted by Crippen LogP contribution is -2.33. The Kier molecular flexibility index (Phi) is 3.68. The van der Waals surface area contributed by atoms with E-state index in [0.717, 1.165) is 12.8 Å². The van der Waals surface area contributed by atoms with Gasteiger partial charge >= 0.3 is 0 Å². The summed E-state index contributed by atoms with van der Waals surface area (Å²) >= 11 is 0. The van der Waals surface area contributed by atoms with Crippen molar-refractivity contribution in [1.29, 1.82) is 0 Å². The Morgan fingerprint density at radius 1 is 1.29 bits per heavy atom. The largest absolute Gasteiger partial charge is 0.454 e. The third-order valence-corrected chi connectivity index (χ3v) is 3.63. The van der Waals surface area contributed by atoms with Gasteiger partial charge < -0.3 is 19.7 Å². The second-order valence-electron chi connectivity index (χ2n) is 5.31. The molecule has 1 aliphatic carbocycles. The van der Waals surface area contributed by atoms with Crippen LogP contribution in [-0.2, 0) is 9.59 Å². The SMILES string of the molecule is CC(=O)N(CCC(=O)Nc1ccc2c(c1)OCO2)C1CC1. The maximum Gasteiger partial charge on any atom is 0.231 e. The van der Waals surface area contributed by atoms with Gasteiger partial charge in [0.05, 0.1) is 0 Å². The molecule has 3 rings (SSSR count). The summed E-state index contributed by atoms with van der Waals surface area (Å²) in [5.74, 6) is 1.25. The van der Waals surface area contributed by atoms with Gasteiger partial charge in [-0.05, 0) is 25.0 Å². The Bertz CT molecular complexity index is 569. The highest BCUT2D eigenvalue weighted by molar-refractivity contribution is 5.91. The van der Waals surface area contributed by atoms with Crippen molar-refractivity contribution in [1.82, 2.24) is 4.90 Å². The summed E-state index contributed by atoms with van der Waals surface area (Å²) < 4.78 is 10.5. The average Bonchev–Trinajstić information content (AvgIpc) is 3.16. The Morgan fingerprint density at radius 2 is 2.05 bits per heavy atom. The minimum Gasteiger partial charge on any atom is -0.454 e. The first-order valence-corrected chi connectivity index (χ1v) is 7.10. The van der Waals surface area contributed by atoms with Crippen LogP contribution in [0.3, 0.4) is 0 Å². The van der Waals surface area contributed by atoms with Crippen LogP contribution < -0.4 is 14.8 Å². The molecule has 6 nitrogen and oxygen atoms in total. The number of anilines is 1. The second kappa shape index (κ2) is 5.63. The number of nitrogens with zero attached hydrogens (tertiary/aromatic N) is 1. The van der Waals surface area contributed by atoms with E-state index in [0.29, 0.717) is 36.2 Å². The molecule has 1 aliphatic heterocycles. The number of amides is 2. The van der Waals surface area contributed by atoms with E-state index in [1.54, 1.807) is 30.0 Å². The fourth-order valence-corrected chi connectivity index (χ4v) is 2.40. The van der Waals surface area contributed by atoms with Crippen LogP contribution in [0.25, 0.3) is 0 Å². The molecule has 21 heavy (non-hydrogen) atoms. The third-order valence-electron chi connectivity index (χ3n) is 3.63. The number of hydrogen-bond donors (Lipinski definition) is 1. The van der Waals surface area contributed by atoms with Crippen LogP contribution in [0.4, 0.5) is 5.69 Å². The molecule has 1 fully saturated rings. The summed E-state index contributed by atoms with van der Waals surface area (Å²) in [6, 6.07) is 5.61. The van der Waals surface area contributed by atoms with Crippen molar-refractivity contribution < 1.29 is 19.1 Å². The van der Waals surface area contributed by atoms with Gasteiger partial charge in [0, 0.05) is 37.7 Å². The monoisotopic (exact) mass is 290 g/mol. The van der Waals surface area contributed by atoms with E-state index >= 15 is 0 Å². The zero-order valence-electron chi connectivity index (χ0n) is 11.9. The predicted octanol–water partition coefficient (Wildman–Crippen LogP) is 1.75. The van der Waals surface area contributed by atoms with Gasteiger partial charge in [0.15, 0.2) is 11.5 Å². The fraction of sp³-hybridized carbons (Fsp3) is 0.467. The molecule has 0 radical (unpaired) electrons. The van der Waals surface area contributed by atoms with E-state index in [9.17, 15) is 9.59 Å². The maximum absolute atomic E-state index is 12.0.